The molecule has 0 saturated carbocycles. The van der Waals surface area contributed by atoms with E-state index in [0.29, 0.717) is 12.3 Å². The Hall–Kier alpha value is -1.15. The molecule has 0 saturated heterocycles. The molecule has 4 nitrogen and oxygen atoms in total. The molecular weight excluding hydrogens is 395 g/mol. The Bertz CT molecular complexity index is 631. The van der Waals surface area contributed by atoms with Crippen LogP contribution in [0.15, 0.2) is 35.4 Å². The number of ether oxygens (including phenoxy) is 1. The molecule has 2 rings (SSSR count). The van der Waals surface area contributed by atoms with Gasteiger partial charge in [0.15, 0.2) is 0 Å². The summed E-state index contributed by atoms with van der Waals surface area (Å²) in [6, 6.07) is 10.3. The standard InChI is InChI=1S/C15H19IN2O2Si/c1-5-20-15(19)13-12(14(18-17-13)21(2,3)4)16-11-9-7-6-8-10-11/h6-10H,5H2,1-4H3/p+1. The molecule has 0 spiro atoms. The van der Waals surface area contributed by atoms with Crippen molar-refractivity contribution >= 4 is 49.3 Å². The molecule has 21 heavy (non-hydrogen) atoms. The molecule has 0 bridgehead atoms. The Morgan fingerprint density at radius 1 is 1.29 bits per heavy atom. The zero-order valence-electron chi connectivity index (χ0n) is 12.7. The van der Waals surface area contributed by atoms with E-state index in [-0.39, 0.29) is 5.97 Å². The van der Waals surface area contributed by atoms with E-state index in [4.69, 9.17) is 4.74 Å². The fourth-order valence-corrected chi connectivity index (χ4v) is 8.15. The van der Waals surface area contributed by atoms with Crippen LogP contribution in [0, 0.1) is 3.57 Å². The van der Waals surface area contributed by atoms with Gasteiger partial charge in [-0.1, -0.05) is 63.7 Å². The predicted molar refractivity (Wildman–Crippen MR) is 97.5 cm³/mol. The van der Waals surface area contributed by atoms with Crippen molar-refractivity contribution in [2.75, 3.05) is 6.61 Å². The third-order valence-electron chi connectivity index (χ3n) is 2.83. The minimum absolute atomic E-state index is 0.292. The number of carbonyl (C=O) groups excluding carboxylic acids is 1. The third-order valence-corrected chi connectivity index (χ3v) is 8.06. The molecule has 0 radical (unpaired) electrons. The van der Waals surface area contributed by atoms with Crippen molar-refractivity contribution in [3.8, 4) is 0 Å². The van der Waals surface area contributed by atoms with Crippen molar-refractivity contribution in [3.63, 3.8) is 0 Å². The Balaban J connectivity index is 2.43. The van der Waals surface area contributed by atoms with Crippen LogP contribution in [-0.2, 0) is 9.53 Å². The Morgan fingerprint density at radius 3 is 2.52 bits per heavy atom. The zero-order chi connectivity index (χ0) is 15.5. The molecular formula is C15H20IN2O2Si+. The lowest BCUT2D eigenvalue weighted by Crippen LogP contribution is -2.67. The first-order valence-electron chi connectivity index (χ1n) is 6.89. The Morgan fingerprint density at radius 2 is 1.95 bits per heavy atom. The fraction of sp³-hybridized carbons (Fsp3) is 0.333. The number of hydrogen-bond acceptors (Lipinski definition) is 3. The van der Waals surface area contributed by atoms with E-state index in [2.05, 4.69) is 42.0 Å². The van der Waals surface area contributed by atoms with Crippen LogP contribution >= 0.6 is 20.7 Å². The van der Waals surface area contributed by atoms with Crippen LogP contribution in [0.25, 0.3) is 0 Å². The van der Waals surface area contributed by atoms with Crippen molar-refractivity contribution in [1.29, 1.82) is 0 Å². The highest BCUT2D eigenvalue weighted by Gasteiger charge is 2.40. The summed E-state index contributed by atoms with van der Waals surface area (Å²) < 4.78 is 7.53. The summed E-state index contributed by atoms with van der Waals surface area (Å²) in [6.45, 7) is 8.94. The smallest absolute Gasteiger partial charge is 0.407 e. The Kier molecular flexibility index (Phi) is 5.21. The first-order chi connectivity index (χ1) is 9.93. The summed E-state index contributed by atoms with van der Waals surface area (Å²) in [5, 5.41) is 8.47. The second-order valence-corrected chi connectivity index (χ2v) is 13.5. The van der Waals surface area contributed by atoms with Gasteiger partial charge in [-0.2, -0.15) is 0 Å². The van der Waals surface area contributed by atoms with Crippen LogP contribution in [0.3, 0.4) is 0 Å². The van der Waals surface area contributed by atoms with Crippen molar-refractivity contribution in [2.24, 2.45) is 5.10 Å². The van der Waals surface area contributed by atoms with Gasteiger partial charge in [-0.15, -0.1) is 0 Å². The molecule has 0 unspecified atom stereocenters. The minimum atomic E-state index is -1.60. The topological polar surface area (TPSA) is 52.6 Å². The number of hydrogen-bond donors (Lipinski definition) is 1. The van der Waals surface area contributed by atoms with Gasteiger partial charge < -0.3 is 4.74 Å². The molecule has 0 atom stereocenters. The molecule has 0 fully saturated rings. The average Bonchev–Trinajstić information content (AvgIpc) is 2.84. The van der Waals surface area contributed by atoms with Crippen molar-refractivity contribution < 1.29 is 14.6 Å². The molecule has 112 valence electrons. The maximum absolute atomic E-state index is 12.1. The molecule has 1 heterocycles. The number of nitrogens with one attached hydrogen (secondary N) is 1. The zero-order valence-corrected chi connectivity index (χ0v) is 15.9. The average molecular weight is 415 g/mol. The van der Waals surface area contributed by atoms with Gasteiger partial charge in [0.1, 0.15) is 16.9 Å². The maximum Gasteiger partial charge on any atom is 0.407 e. The van der Waals surface area contributed by atoms with E-state index in [0.717, 1.165) is 8.84 Å². The van der Waals surface area contributed by atoms with Crippen molar-refractivity contribution in [3.05, 3.63) is 33.9 Å². The SMILES string of the molecule is CCOC(=O)C1=[NH+]N=C([Si](C)(C)C)C1=Ic1ccccc1. The monoisotopic (exact) mass is 415 g/mol. The highest BCUT2D eigenvalue weighted by Crippen LogP contribution is 2.19. The van der Waals surface area contributed by atoms with E-state index in [1.54, 1.807) is 0 Å². The second-order valence-electron chi connectivity index (χ2n) is 5.62. The summed E-state index contributed by atoms with van der Waals surface area (Å²) in [5.41, 5.74) is 0.547. The molecule has 1 N–H and O–H groups in total. The summed E-state index contributed by atoms with van der Waals surface area (Å²) >= 11 is -0.448. The number of halogens is 1. The van der Waals surface area contributed by atoms with E-state index >= 15 is 0 Å². The summed E-state index contributed by atoms with van der Waals surface area (Å²) in [6.07, 6.45) is 0. The van der Waals surface area contributed by atoms with Crippen molar-refractivity contribution in [1.82, 2.24) is 0 Å². The lowest BCUT2D eigenvalue weighted by atomic mass is 10.3. The van der Waals surface area contributed by atoms with Gasteiger partial charge in [0.05, 0.1) is 6.61 Å². The van der Waals surface area contributed by atoms with E-state index in [1.807, 2.05) is 25.1 Å². The maximum atomic E-state index is 12.1. The first kappa shape index (κ1) is 16.2. The van der Waals surface area contributed by atoms with Crippen LogP contribution in [0.1, 0.15) is 6.92 Å². The normalized spacial score (nSPS) is 17.0. The minimum Gasteiger partial charge on any atom is -0.458 e. The predicted octanol–water partition coefficient (Wildman–Crippen LogP) is 1.33. The van der Waals surface area contributed by atoms with Gasteiger partial charge in [-0.3, -0.25) is 0 Å². The first-order valence-corrected chi connectivity index (χ1v) is 12.5. The van der Waals surface area contributed by atoms with E-state index < -0.39 is 28.8 Å². The molecule has 0 amide bonds. The molecule has 1 aliphatic rings. The number of nitrogens with zero attached hydrogens (tertiary/aromatic N) is 1. The molecule has 1 aromatic rings. The highest BCUT2D eigenvalue weighted by molar-refractivity contribution is 14.2. The highest BCUT2D eigenvalue weighted by atomic mass is 127. The number of benzene rings is 1. The van der Waals surface area contributed by atoms with Crippen LogP contribution in [0.2, 0.25) is 19.6 Å². The van der Waals surface area contributed by atoms with E-state index in [9.17, 15) is 4.79 Å². The largest absolute Gasteiger partial charge is 0.458 e. The third kappa shape index (κ3) is 3.94. The Labute approximate surface area is 136 Å². The van der Waals surface area contributed by atoms with Gasteiger partial charge in [0.2, 0.25) is 0 Å². The lowest BCUT2D eigenvalue weighted by Gasteiger charge is -2.14. The van der Waals surface area contributed by atoms with Crippen LogP contribution in [-0.4, -0.2) is 35.2 Å². The summed E-state index contributed by atoms with van der Waals surface area (Å²) in [5.74, 6) is -0.292. The van der Waals surface area contributed by atoms with Crippen LogP contribution < -0.4 is 5.10 Å². The van der Waals surface area contributed by atoms with Gasteiger partial charge in [-0.25, -0.2) is 4.79 Å². The van der Waals surface area contributed by atoms with Crippen molar-refractivity contribution in [2.45, 2.75) is 26.6 Å². The molecule has 6 heteroatoms. The van der Waals surface area contributed by atoms with Crippen LogP contribution in [0.4, 0.5) is 0 Å². The van der Waals surface area contributed by atoms with Gasteiger partial charge >= 0.3 is 11.7 Å². The fourth-order valence-electron chi connectivity index (χ4n) is 1.84. The lowest BCUT2D eigenvalue weighted by molar-refractivity contribution is -0.456. The van der Waals surface area contributed by atoms with Gasteiger partial charge in [-0.05, 0) is 24.2 Å². The molecule has 0 aliphatic carbocycles. The number of hydrazone groups is 1. The summed E-state index contributed by atoms with van der Waals surface area (Å²) in [7, 11) is -1.60. The van der Waals surface area contributed by atoms with Gasteiger partial charge in [0.25, 0.3) is 0 Å². The van der Waals surface area contributed by atoms with E-state index in [1.165, 1.54) is 3.57 Å². The van der Waals surface area contributed by atoms with Gasteiger partial charge in [0, 0.05) is 3.57 Å². The molecule has 1 aromatic carbocycles. The summed E-state index contributed by atoms with van der Waals surface area (Å²) in [4.78, 5) is 12.1. The van der Waals surface area contributed by atoms with Crippen LogP contribution in [0.5, 0.6) is 0 Å². The quantitative estimate of drug-likeness (QED) is 0.459. The second kappa shape index (κ2) is 6.74. The molecule has 1 aliphatic heterocycles. The number of carbonyl (C=O) groups is 1. The molecule has 0 aromatic heterocycles. The number of rotatable bonds is 4. The number of esters is 1.